The lowest BCUT2D eigenvalue weighted by Crippen LogP contribution is -2.36. The van der Waals surface area contributed by atoms with Gasteiger partial charge in [-0.3, -0.25) is 4.90 Å². The third kappa shape index (κ3) is 3.54. The summed E-state index contributed by atoms with van der Waals surface area (Å²) < 4.78 is 1.33. The number of carbonyl (C=O) groups excluding carboxylic acids is 1. The maximum absolute atomic E-state index is 12.5. The number of hydrogen-bond donors (Lipinski definition) is 0. The molecule has 1 amide bonds. The van der Waals surface area contributed by atoms with Crippen LogP contribution in [0, 0.1) is 5.41 Å². The number of carbonyl (C=O) groups is 1. The minimum Gasteiger partial charge on any atom is -0.322 e. The lowest BCUT2D eigenvalue weighted by molar-refractivity contribution is 0.196. The summed E-state index contributed by atoms with van der Waals surface area (Å²) in [6.45, 7) is 4.55. The van der Waals surface area contributed by atoms with Crippen molar-refractivity contribution in [3.05, 3.63) is 52.3 Å². The van der Waals surface area contributed by atoms with Crippen molar-refractivity contribution in [2.45, 2.75) is 19.4 Å². The van der Waals surface area contributed by atoms with E-state index in [0.29, 0.717) is 5.02 Å². The Balaban J connectivity index is 1.38. The fourth-order valence-corrected chi connectivity index (χ4v) is 4.39. The highest BCUT2D eigenvalue weighted by atomic mass is 35.5. The van der Waals surface area contributed by atoms with E-state index in [2.05, 4.69) is 16.1 Å². The Morgan fingerprint density at radius 1 is 1.16 bits per heavy atom. The molecule has 0 radical (unpaired) electrons. The molecule has 1 aromatic heterocycles. The lowest BCUT2D eigenvalue weighted by atomic mass is 9.86. The van der Waals surface area contributed by atoms with Gasteiger partial charge in [-0.2, -0.15) is 9.78 Å². The summed E-state index contributed by atoms with van der Waals surface area (Å²) in [5.74, 6) is 0. The Hall–Kier alpha value is -1.56. The summed E-state index contributed by atoms with van der Waals surface area (Å²) >= 11 is 12.0. The highest BCUT2D eigenvalue weighted by molar-refractivity contribution is 6.30. The van der Waals surface area contributed by atoms with Gasteiger partial charge < -0.3 is 4.90 Å². The Morgan fingerprint density at radius 3 is 2.76 bits per heavy atom. The largest absolute Gasteiger partial charge is 0.344 e. The number of benzene rings is 1. The van der Waals surface area contributed by atoms with Crippen molar-refractivity contribution in [1.29, 1.82) is 0 Å². The van der Waals surface area contributed by atoms with Crippen LogP contribution in [-0.4, -0.2) is 51.8 Å². The van der Waals surface area contributed by atoms with E-state index in [9.17, 15) is 4.79 Å². The van der Waals surface area contributed by atoms with Crippen molar-refractivity contribution in [2.75, 3.05) is 26.2 Å². The molecule has 0 aliphatic carbocycles. The molecule has 2 fully saturated rings. The minimum atomic E-state index is -0.0860. The van der Waals surface area contributed by atoms with E-state index in [1.165, 1.54) is 16.4 Å². The molecule has 2 aliphatic rings. The SMILES string of the molecule is O=C(N1CC[C@]2(CCN(Cc3cccc(Cl)c3)C2)C1)n1cc(Cl)cn1. The average Bonchev–Trinajstić information content (AvgIpc) is 3.29. The van der Waals surface area contributed by atoms with Gasteiger partial charge in [-0.1, -0.05) is 35.3 Å². The van der Waals surface area contributed by atoms with Gasteiger partial charge in [0.25, 0.3) is 0 Å². The smallest absolute Gasteiger partial charge is 0.322 e. The zero-order valence-electron chi connectivity index (χ0n) is 13.9. The van der Waals surface area contributed by atoms with Gasteiger partial charge >= 0.3 is 6.03 Å². The molecule has 3 heterocycles. The van der Waals surface area contributed by atoms with E-state index in [0.717, 1.165) is 50.6 Å². The molecule has 0 unspecified atom stereocenters. The first-order valence-corrected chi connectivity index (χ1v) is 9.25. The van der Waals surface area contributed by atoms with Gasteiger partial charge in [-0.05, 0) is 37.1 Å². The monoisotopic (exact) mass is 378 g/mol. The Bertz CT molecular complexity index is 793. The number of halogens is 2. The van der Waals surface area contributed by atoms with Gasteiger partial charge in [0.2, 0.25) is 0 Å². The number of nitrogens with zero attached hydrogens (tertiary/aromatic N) is 4. The van der Waals surface area contributed by atoms with Crippen molar-refractivity contribution in [3.8, 4) is 0 Å². The molecule has 1 atom stereocenters. The molecule has 7 heteroatoms. The Kier molecular flexibility index (Phi) is 4.48. The van der Waals surface area contributed by atoms with Gasteiger partial charge in [0.15, 0.2) is 0 Å². The lowest BCUT2D eigenvalue weighted by Gasteiger charge is -2.24. The first kappa shape index (κ1) is 16.9. The molecule has 0 N–H and O–H groups in total. The molecule has 1 spiro atoms. The zero-order chi connectivity index (χ0) is 17.4. The molecule has 132 valence electrons. The summed E-state index contributed by atoms with van der Waals surface area (Å²) in [5.41, 5.74) is 1.44. The quantitative estimate of drug-likeness (QED) is 0.798. The first-order valence-electron chi connectivity index (χ1n) is 8.49. The summed E-state index contributed by atoms with van der Waals surface area (Å²) in [6.07, 6.45) is 5.22. The second-order valence-corrected chi connectivity index (χ2v) is 8.02. The van der Waals surface area contributed by atoms with Crippen LogP contribution in [0.1, 0.15) is 18.4 Å². The van der Waals surface area contributed by atoms with Crippen LogP contribution in [0.15, 0.2) is 36.7 Å². The van der Waals surface area contributed by atoms with Crippen molar-refractivity contribution >= 4 is 29.2 Å². The normalized spacial score (nSPS) is 23.7. The van der Waals surface area contributed by atoms with Crippen LogP contribution in [0.5, 0.6) is 0 Å². The standard InChI is InChI=1S/C18H20Cl2N4O/c19-15-3-1-2-14(8-15)10-22-6-4-18(12-22)5-7-23(13-18)17(25)24-11-16(20)9-21-24/h1-3,8-9,11H,4-7,10,12-13H2/t18-/m0/s1. The van der Waals surface area contributed by atoms with Gasteiger partial charge in [-0.25, -0.2) is 4.79 Å². The number of amides is 1. The highest BCUT2D eigenvalue weighted by Gasteiger charge is 2.44. The third-order valence-electron chi connectivity index (χ3n) is 5.27. The fourth-order valence-electron chi connectivity index (χ4n) is 4.04. The average molecular weight is 379 g/mol. The van der Waals surface area contributed by atoms with E-state index < -0.39 is 0 Å². The Labute approximate surface area is 157 Å². The van der Waals surface area contributed by atoms with Crippen LogP contribution < -0.4 is 0 Å². The van der Waals surface area contributed by atoms with Crippen LogP contribution in [0.3, 0.4) is 0 Å². The maximum atomic E-state index is 12.5. The van der Waals surface area contributed by atoms with Gasteiger partial charge in [0.1, 0.15) is 0 Å². The second-order valence-electron chi connectivity index (χ2n) is 7.15. The molecule has 1 aromatic carbocycles. The minimum absolute atomic E-state index is 0.0860. The highest BCUT2D eigenvalue weighted by Crippen LogP contribution is 2.40. The van der Waals surface area contributed by atoms with E-state index >= 15 is 0 Å². The second kappa shape index (κ2) is 6.63. The number of aromatic nitrogens is 2. The zero-order valence-corrected chi connectivity index (χ0v) is 15.4. The summed E-state index contributed by atoms with van der Waals surface area (Å²) in [7, 11) is 0. The molecule has 2 saturated heterocycles. The molecular weight excluding hydrogens is 359 g/mol. The van der Waals surface area contributed by atoms with E-state index in [1.54, 1.807) is 6.20 Å². The maximum Gasteiger partial charge on any atom is 0.344 e. The summed E-state index contributed by atoms with van der Waals surface area (Å²) in [5, 5.41) is 5.29. The van der Waals surface area contributed by atoms with E-state index in [-0.39, 0.29) is 11.4 Å². The number of hydrogen-bond acceptors (Lipinski definition) is 3. The van der Waals surface area contributed by atoms with Gasteiger partial charge in [0.05, 0.1) is 17.4 Å². The van der Waals surface area contributed by atoms with Gasteiger partial charge in [-0.15, -0.1) is 0 Å². The first-order chi connectivity index (χ1) is 12.0. The van der Waals surface area contributed by atoms with E-state index in [1.807, 2.05) is 23.1 Å². The van der Waals surface area contributed by atoms with Gasteiger partial charge in [0, 0.05) is 36.6 Å². The van der Waals surface area contributed by atoms with Crippen molar-refractivity contribution in [3.63, 3.8) is 0 Å². The predicted octanol–water partition coefficient (Wildman–Crippen LogP) is 3.76. The summed E-state index contributed by atoms with van der Waals surface area (Å²) in [4.78, 5) is 16.9. The number of likely N-dealkylation sites (tertiary alicyclic amines) is 2. The summed E-state index contributed by atoms with van der Waals surface area (Å²) in [6, 6.07) is 7.95. The molecule has 25 heavy (non-hydrogen) atoms. The molecular formula is C18H20Cl2N4O. The van der Waals surface area contributed by atoms with Crippen LogP contribution in [0.4, 0.5) is 4.79 Å². The molecule has 2 aromatic rings. The number of rotatable bonds is 2. The van der Waals surface area contributed by atoms with Crippen LogP contribution in [0.25, 0.3) is 0 Å². The Morgan fingerprint density at radius 2 is 2.00 bits per heavy atom. The molecule has 0 bridgehead atoms. The predicted molar refractivity (Wildman–Crippen MR) is 98.0 cm³/mol. The van der Waals surface area contributed by atoms with Crippen LogP contribution in [0.2, 0.25) is 10.0 Å². The van der Waals surface area contributed by atoms with Crippen molar-refractivity contribution in [2.24, 2.45) is 5.41 Å². The van der Waals surface area contributed by atoms with Crippen LogP contribution in [-0.2, 0) is 6.54 Å². The fraction of sp³-hybridized carbons (Fsp3) is 0.444. The topological polar surface area (TPSA) is 41.4 Å². The van der Waals surface area contributed by atoms with Crippen molar-refractivity contribution in [1.82, 2.24) is 19.6 Å². The third-order valence-corrected chi connectivity index (χ3v) is 5.70. The van der Waals surface area contributed by atoms with Crippen LogP contribution >= 0.6 is 23.2 Å². The molecule has 0 saturated carbocycles. The van der Waals surface area contributed by atoms with E-state index in [4.69, 9.17) is 23.2 Å². The van der Waals surface area contributed by atoms with Crippen molar-refractivity contribution < 1.29 is 4.79 Å². The molecule has 5 nitrogen and oxygen atoms in total. The molecule has 2 aliphatic heterocycles. The molecule has 4 rings (SSSR count).